The van der Waals surface area contributed by atoms with E-state index in [-0.39, 0.29) is 5.91 Å². The zero-order valence-electron chi connectivity index (χ0n) is 11.3. The zero-order valence-corrected chi connectivity index (χ0v) is 12.2. The van der Waals surface area contributed by atoms with Crippen LogP contribution in [0.4, 0.5) is 4.39 Å². The van der Waals surface area contributed by atoms with Gasteiger partial charge < -0.3 is 4.90 Å². The fourth-order valence-electron chi connectivity index (χ4n) is 1.80. The van der Waals surface area contributed by atoms with E-state index in [1.54, 1.807) is 23.7 Å². The first kappa shape index (κ1) is 14.5. The third-order valence-electron chi connectivity index (χ3n) is 2.90. The van der Waals surface area contributed by atoms with Crippen molar-refractivity contribution in [1.82, 2.24) is 9.88 Å². The molecular formula is C15H15FN2OS. The number of hydrogen-bond donors (Lipinski definition) is 0. The van der Waals surface area contributed by atoms with Crippen molar-refractivity contribution in [2.75, 3.05) is 13.3 Å². The van der Waals surface area contributed by atoms with Gasteiger partial charge in [0.1, 0.15) is 0 Å². The van der Waals surface area contributed by atoms with Crippen LogP contribution in [0, 0.1) is 5.95 Å². The predicted octanol–water partition coefficient (Wildman–Crippen LogP) is 3.21. The molecule has 0 bridgehead atoms. The lowest BCUT2D eigenvalue weighted by molar-refractivity contribution is 0.0784. The van der Waals surface area contributed by atoms with Gasteiger partial charge in [0.2, 0.25) is 5.95 Å². The SMILES string of the molecule is CSc1ccc(CN(C)C(=O)c2ccc(F)nc2)cc1. The highest BCUT2D eigenvalue weighted by Crippen LogP contribution is 2.16. The summed E-state index contributed by atoms with van der Waals surface area (Å²) >= 11 is 1.68. The fraction of sp³-hybridized carbons (Fsp3) is 0.200. The lowest BCUT2D eigenvalue weighted by Gasteiger charge is -2.17. The van der Waals surface area contributed by atoms with Crippen LogP contribution in [0.5, 0.6) is 0 Å². The topological polar surface area (TPSA) is 33.2 Å². The monoisotopic (exact) mass is 290 g/mol. The van der Waals surface area contributed by atoms with E-state index in [4.69, 9.17) is 0 Å². The summed E-state index contributed by atoms with van der Waals surface area (Å²) in [4.78, 5) is 18.4. The van der Waals surface area contributed by atoms with Gasteiger partial charge in [0.15, 0.2) is 0 Å². The molecule has 3 nitrogen and oxygen atoms in total. The summed E-state index contributed by atoms with van der Waals surface area (Å²) in [5.74, 6) is -0.761. The zero-order chi connectivity index (χ0) is 14.5. The van der Waals surface area contributed by atoms with Gasteiger partial charge in [0, 0.05) is 24.7 Å². The molecule has 0 aliphatic carbocycles. The van der Waals surface area contributed by atoms with E-state index in [9.17, 15) is 9.18 Å². The summed E-state index contributed by atoms with van der Waals surface area (Å²) < 4.78 is 12.7. The lowest BCUT2D eigenvalue weighted by atomic mass is 10.2. The molecule has 5 heteroatoms. The van der Waals surface area contributed by atoms with Crippen LogP contribution >= 0.6 is 11.8 Å². The first-order valence-electron chi connectivity index (χ1n) is 6.10. The Labute approximate surface area is 121 Å². The highest BCUT2D eigenvalue weighted by molar-refractivity contribution is 7.98. The first-order valence-corrected chi connectivity index (χ1v) is 7.32. The highest BCUT2D eigenvalue weighted by Gasteiger charge is 2.12. The Hall–Kier alpha value is -1.88. The van der Waals surface area contributed by atoms with Crippen molar-refractivity contribution in [2.24, 2.45) is 0 Å². The van der Waals surface area contributed by atoms with Crippen LogP contribution in [0.3, 0.4) is 0 Å². The number of halogens is 1. The minimum absolute atomic E-state index is 0.175. The molecule has 2 rings (SSSR count). The molecule has 2 aromatic rings. The van der Waals surface area contributed by atoms with Crippen molar-refractivity contribution < 1.29 is 9.18 Å². The van der Waals surface area contributed by atoms with E-state index in [0.29, 0.717) is 12.1 Å². The van der Waals surface area contributed by atoms with Crippen LogP contribution in [0.25, 0.3) is 0 Å². The molecule has 1 aromatic carbocycles. The van der Waals surface area contributed by atoms with Crippen LogP contribution < -0.4 is 0 Å². The maximum Gasteiger partial charge on any atom is 0.255 e. The summed E-state index contributed by atoms with van der Waals surface area (Å²) in [6, 6.07) is 10.7. The third kappa shape index (κ3) is 3.57. The van der Waals surface area contributed by atoms with Crippen LogP contribution in [0.2, 0.25) is 0 Å². The number of pyridine rings is 1. The molecule has 0 radical (unpaired) electrons. The molecule has 0 unspecified atom stereocenters. The second kappa shape index (κ2) is 6.52. The van der Waals surface area contributed by atoms with Crippen molar-refractivity contribution in [3.63, 3.8) is 0 Å². The average molecular weight is 290 g/mol. The lowest BCUT2D eigenvalue weighted by Crippen LogP contribution is -2.26. The average Bonchev–Trinajstić information content (AvgIpc) is 2.48. The van der Waals surface area contributed by atoms with Crippen LogP contribution in [0.15, 0.2) is 47.5 Å². The maximum absolute atomic E-state index is 12.7. The minimum atomic E-state index is -0.586. The second-order valence-electron chi connectivity index (χ2n) is 4.38. The third-order valence-corrected chi connectivity index (χ3v) is 3.64. The Morgan fingerprint density at radius 1 is 1.25 bits per heavy atom. The highest BCUT2D eigenvalue weighted by atomic mass is 32.2. The summed E-state index contributed by atoms with van der Waals surface area (Å²) in [7, 11) is 1.72. The molecule has 1 aromatic heterocycles. The van der Waals surface area contributed by atoms with E-state index in [0.717, 1.165) is 5.56 Å². The minimum Gasteiger partial charge on any atom is -0.337 e. The summed E-state index contributed by atoms with van der Waals surface area (Å²) in [5, 5.41) is 0. The molecule has 0 spiro atoms. The Morgan fingerprint density at radius 2 is 1.95 bits per heavy atom. The maximum atomic E-state index is 12.7. The number of carbonyl (C=O) groups excluding carboxylic acids is 1. The van der Waals surface area contributed by atoms with Crippen molar-refractivity contribution in [3.8, 4) is 0 Å². The first-order chi connectivity index (χ1) is 9.60. The van der Waals surface area contributed by atoms with E-state index in [1.165, 1.54) is 23.2 Å². The molecule has 0 aliphatic heterocycles. The predicted molar refractivity (Wildman–Crippen MR) is 78.2 cm³/mol. The number of amides is 1. The standard InChI is InChI=1S/C15H15FN2OS/c1-18(10-11-3-6-13(20-2)7-4-11)15(19)12-5-8-14(16)17-9-12/h3-9H,10H2,1-2H3. The normalized spacial score (nSPS) is 10.3. The Bertz CT molecular complexity index is 584. The molecule has 0 saturated heterocycles. The van der Waals surface area contributed by atoms with Gasteiger partial charge in [-0.25, -0.2) is 4.98 Å². The van der Waals surface area contributed by atoms with E-state index >= 15 is 0 Å². The fourth-order valence-corrected chi connectivity index (χ4v) is 2.21. The molecule has 104 valence electrons. The van der Waals surface area contributed by atoms with E-state index in [1.807, 2.05) is 30.5 Å². The molecule has 0 saturated carbocycles. The molecular weight excluding hydrogens is 275 g/mol. The van der Waals surface area contributed by atoms with Gasteiger partial charge in [-0.15, -0.1) is 11.8 Å². The Kier molecular flexibility index (Phi) is 4.74. The molecule has 1 heterocycles. The molecule has 0 N–H and O–H groups in total. The van der Waals surface area contributed by atoms with Crippen LogP contribution in [-0.4, -0.2) is 29.1 Å². The van der Waals surface area contributed by atoms with Gasteiger partial charge in [-0.2, -0.15) is 4.39 Å². The molecule has 0 aliphatic rings. The smallest absolute Gasteiger partial charge is 0.255 e. The molecule has 1 amide bonds. The number of benzene rings is 1. The van der Waals surface area contributed by atoms with E-state index in [2.05, 4.69) is 4.98 Å². The van der Waals surface area contributed by atoms with Crippen molar-refractivity contribution >= 4 is 17.7 Å². The van der Waals surface area contributed by atoms with E-state index < -0.39 is 5.95 Å². The van der Waals surface area contributed by atoms with Crippen LogP contribution in [0.1, 0.15) is 15.9 Å². The Morgan fingerprint density at radius 3 is 2.50 bits per heavy atom. The van der Waals surface area contributed by atoms with Crippen molar-refractivity contribution in [2.45, 2.75) is 11.4 Å². The van der Waals surface area contributed by atoms with Gasteiger partial charge >= 0.3 is 0 Å². The van der Waals surface area contributed by atoms with Crippen LogP contribution in [-0.2, 0) is 6.54 Å². The number of nitrogens with zero attached hydrogens (tertiary/aromatic N) is 2. The number of thioether (sulfide) groups is 1. The summed E-state index contributed by atoms with van der Waals surface area (Å²) in [6.07, 6.45) is 3.27. The number of carbonyl (C=O) groups is 1. The molecule has 0 fully saturated rings. The molecule has 0 atom stereocenters. The second-order valence-corrected chi connectivity index (χ2v) is 5.26. The van der Waals surface area contributed by atoms with Gasteiger partial charge in [0.05, 0.1) is 5.56 Å². The summed E-state index contributed by atoms with van der Waals surface area (Å²) in [6.45, 7) is 0.505. The van der Waals surface area contributed by atoms with Crippen molar-refractivity contribution in [3.05, 3.63) is 59.7 Å². The van der Waals surface area contributed by atoms with Gasteiger partial charge in [-0.1, -0.05) is 12.1 Å². The largest absolute Gasteiger partial charge is 0.337 e. The number of rotatable bonds is 4. The molecule has 20 heavy (non-hydrogen) atoms. The van der Waals surface area contributed by atoms with Gasteiger partial charge in [-0.05, 0) is 36.1 Å². The summed E-state index contributed by atoms with van der Waals surface area (Å²) in [5.41, 5.74) is 1.43. The number of hydrogen-bond acceptors (Lipinski definition) is 3. The van der Waals surface area contributed by atoms with Gasteiger partial charge in [0.25, 0.3) is 5.91 Å². The quantitative estimate of drug-likeness (QED) is 0.640. The van der Waals surface area contributed by atoms with Crippen molar-refractivity contribution in [1.29, 1.82) is 0 Å². The number of aromatic nitrogens is 1. The van der Waals surface area contributed by atoms with Gasteiger partial charge in [-0.3, -0.25) is 4.79 Å². The Balaban J connectivity index is 2.04.